The molecule has 3 aliphatic carbocycles. The van der Waals surface area contributed by atoms with Crippen molar-refractivity contribution in [2.45, 2.75) is 17.3 Å². The van der Waals surface area contributed by atoms with Crippen LogP contribution in [0.5, 0.6) is 0 Å². The van der Waals surface area contributed by atoms with E-state index in [2.05, 4.69) is 260 Å². The molecule has 0 spiro atoms. The fourth-order valence-corrected chi connectivity index (χ4v) is 11.5. The lowest BCUT2D eigenvalue weighted by Gasteiger charge is -2.51. The van der Waals surface area contributed by atoms with Crippen LogP contribution in [0.2, 0.25) is 0 Å². The fraction of sp³-hybridized carbons (Fsp3) is 0.0645. The maximum absolute atomic E-state index is 2.47. The molecule has 1 nitrogen and oxygen atoms in total. The molecule has 3 unspecified atom stereocenters. The molecular weight excluding hydrogens is 759 g/mol. The summed E-state index contributed by atoms with van der Waals surface area (Å²) < 4.78 is 0. The lowest BCUT2D eigenvalue weighted by molar-refractivity contribution is 0.454. The lowest BCUT2D eigenvalue weighted by Crippen LogP contribution is -2.46. The first-order valence-corrected chi connectivity index (χ1v) is 22.2. The minimum atomic E-state index is -0.631. The Labute approximate surface area is 370 Å². The Morgan fingerprint density at radius 1 is 0.381 bits per heavy atom. The van der Waals surface area contributed by atoms with Crippen molar-refractivity contribution in [2.75, 3.05) is 4.90 Å². The molecule has 0 fully saturated rings. The average molecular weight is 804 g/mol. The third kappa shape index (κ3) is 5.63. The number of nitrogens with zero attached hydrogens (tertiary/aromatic N) is 1. The molecule has 0 heterocycles. The highest BCUT2D eigenvalue weighted by Gasteiger charge is 2.60. The van der Waals surface area contributed by atoms with E-state index in [9.17, 15) is 0 Å². The second-order valence-corrected chi connectivity index (χ2v) is 17.1. The molecule has 298 valence electrons. The number of rotatable bonds is 8. The largest absolute Gasteiger partial charge is 0.310 e. The number of hydrogen-bond acceptors (Lipinski definition) is 1. The topological polar surface area (TPSA) is 3.24 Å². The third-order valence-corrected chi connectivity index (χ3v) is 14.0. The van der Waals surface area contributed by atoms with Crippen molar-refractivity contribution in [3.8, 4) is 22.3 Å². The zero-order valence-corrected chi connectivity index (χ0v) is 35.0. The van der Waals surface area contributed by atoms with Crippen molar-refractivity contribution in [2.24, 2.45) is 5.92 Å². The Morgan fingerprint density at radius 2 is 0.905 bits per heavy atom. The van der Waals surface area contributed by atoms with Crippen LogP contribution in [0.3, 0.4) is 0 Å². The minimum absolute atomic E-state index is 0.272. The molecule has 0 saturated heterocycles. The molecule has 0 aromatic heterocycles. The highest BCUT2D eigenvalue weighted by atomic mass is 15.1. The summed E-state index contributed by atoms with van der Waals surface area (Å²) in [6, 6.07) is 88.0. The van der Waals surface area contributed by atoms with Gasteiger partial charge in [-0.2, -0.15) is 0 Å². The van der Waals surface area contributed by atoms with Crippen LogP contribution < -0.4 is 4.90 Å². The number of benzene rings is 9. The minimum Gasteiger partial charge on any atom is -0.310 e. The summed E-state index contributed by atoms with van der Waals surface area (Å²) >= 11 is 0. The number of anilines is 3. The smallest absolute Gasteiger partial charge is 0.0708 e. The second-order valence-electron chi connectivity index (χ2n) is 17.1. The molecule has 3 aliphatic rings. The summed E-state index contributed by atoms with van der Waals surface area (Å²) in [5, 5.41) is 0. The second kappa shape index (κ2) is 15.0. The molecule has 1 heteroatoms. The van der Waals surface area contributed by atoms with E-state index in [1.54, 1.807) is 0 Å². The molecule has 9 aromatic carbocycles. The predicted molar refractivity (Wildman–Crippen MR) is 262 cm³/mol. The molecular formula is C62H45N. The van der Waals surface area contributed by atoms with E-state index in [0.29, 0.717) is 0 Å². The van der Waals surface area contributed by atoms with Gasteiger partial charge in [-0.05, 0) is 115 Å². The lowest BCUT2D eigenvalue weighted by atomic mass is 9.50. The van der Waals surface area contributed by atoms with Gasteiger partial charge in [0.05, 0.1) is 10.8 Å². The third-order valence-electron chi connectivity index (χ3n) is 14.0. The summed E-state index contributed by atoms with van der Waals surface area (Å²) in [5.41, 5.74) is 19.3. The highest BCUT2D eigenvalue weighted by molar-refractivity contribution is 5.90. The Morgan fingerprint density at radius 3 is 1.62 bits per heavy atom. The number of fused-ring (bicyclic) bond motifs is 5. The van der Waals surface area contributed by atoms with E-state index in [1.807, 2.05) is 0 Å². The molecule has 0 aliphatic heterocycles. The van der Waals surface area contributed by atoms with Gasteiger partial charge in [-0.15, -0.1) is 0 Å². The Bertz CT molecular complexity index is 3180. The number of hydrogen-bond donors (Lipinski definition) is 0. The summed E-state index contributed by atoms with van der Waals surface area (Å²) in [7, 11) is 0. The van der Waals surface area contributed by atoms with Gasteiger partial charge in [0.15, 0.2) is 0 Å². The van der Waals surface area contributed by atoms with Gasteiger partial charge in [0, 0.05) is 23.0 Å². The van der Waals surface area contributed by atoms with E-state index in [4.69, 9.17) is 0 Å². The first-order chi connectivity index (χ1) is 31.3. The van der Waals surface area contributed by atoms with Crippen LogP contribution in [0, 0.1) is 5.92 Å². The Balaban J connectivity index is 1.13. The first-order valence-electron chi connectivity index (χ1n) is 22.2. The van der Waals surface area contributed by atoms with Gasteiger partial charge < -0.3 is 4.90 Å². The van der Waals surface area contributed by atoms with Gasteiger partial charge in [-0.1, -0.05) is 218 Å². The normalized spacial score (nSPS) is 19.0. The van der Waals surface area contributed by atoms with Crippen LogP contribution in [-0.4, -0.2) is 0 Å². The fourth-order valence-electron chi connectivity index (χ4n) is 11.5. The van der Waals surface area contributed by atoms with Crippen LogP contribution in [-0.2, 0) is 10.8 Å². The van der Waals surface area contributed by atoms with E-state index in [1.165, 1.54) is 72.3 Å². The Hall–Kier alpha value is -7.74. The summed E-state index contributed by atoms with van der Waals surface area (Å²) in [5.74, 6) is 0.272. The average Bonchev–Trinajstić information content (AvgIpc) is 3.68. The molecule has 3 atom stereocenters. The van der Waals surface area contributed by atoms with Crippen molar-refractivity contribution < 1.29 is 0 Å². The molecule has 0 bridgehead atoms. The highest BCUT2D eigenvalue weighted by Crippen LogP contribution is 2.67. The van der Waals surface area contributed by atoms with Crippen LogP contribution in [0.25, 0.3) is 27.8 Å². The zero-order valence-electron chi connectivity index (χ0n) is 35.0. The van der Waals surface area contributed by atoms with Crippen molar-refractivity contribution in [1.29, 1.82) is 0 Å². The first kappa shape index (κ1) is 37.1. The quantitative estimate of drug-likeness (QED) is 0.148. The van der Waals surface area contributed by atoms with Crippen molar-refractivity contribution in [3.63, 3.8) is 0 Å². The van der Waals surface area contributed by atoms with Crippen molar-refractivity contribution >= 4 is 22.6 Å². The summed E-state index contributed by atoms with van der Waals surface area (Å²) in [4.78, 5) is 2.44. The van der Waals surface area contributed by atoms with Crippen LogP contribution in [0.15, 0.2) is 255 Å². The van der Waals surface area contributed by atoms with E-state index < -0.39 is 5.41 Å². The number of allylic oxidation sites excluding steroid dienone is 4. The van der Waals surface area contributed by atoms with E-state index >= 15 is 0 Å². The Kier molecular flexibility index (Phi) is 8.83. The van der Waals surface area contributed by atoms with Gasteiger partial charge in [0.25, 0.3) is 0 Å². The van der Waals surface area contributed by atoms with Crippen molar-refractivity contribution in [1.82, 2.24) is 0 Å². The van der Waals surface area contributed by atoms with Gasteiger partial charge in [0.1, 0.15) is 0 Å². The molecule has 12 rings (SSSR count). The van der Waals surface area contributed by atoms with Crippen molar-refractivity contribution in [3.05, 3.63) is 299 Å². The van der Waals surface area contributed by atoms with Crippen LogP contribution in [0.1, 0.15) is 50.9 Å². The van der Waals surface area contributed by atoms with E-state index in [0.717, 1.165) is 23.5 Å². The monoisotopic (exact) mass is 803 g/mol. The molecule has 0 radical (unpaired) electrons. The van der Waals surface area contributed by atoms with Gasteiger partial charge in [-0.3, -0.25) is 0 Å². The van der Waals surface area contributed by atoms with Gasteiger partial charge >= 0.3 is 0 Å². The van der Waals surface area contributed by atoms with Crippen LogP contribution in [0.4, 0.5) is 17.1 Å². The summed E-state index contributed by atoms with van der Waals surface area (Å²) in [6.45, 7) is 0. The van der Waals surface area contributed by atoms with Gasteiger partial charge in [0.2, 0.25) is 0 Å². The van der Waals surface area contributed by atoms with Crippen LogP contribution >= 0.6 is 0 Å². The maximum Gasteiger partial charge on any atom is 0.0708 e. The molecule has 0 N–H and O–H groups in total. The molecule has 63 heavy (non-hydrogen) atoms. The van der Waals surface area contributed by atoms with E-state index in [-0.39, 0.29) is 11.3 Å². The summed E-state index contributed by atoms with van der Waals surface area (Å²) in [6.07, 6.45) is 8.03. The standard InChI is InChI=1S/C62H45N/c1-5-20-44(21-6-1)46-38-40-51(41-39-46)63(52-30-17-24-47(42-52)45-22-7-2-8-23-45)53-31-18-29-50(43-53)61(48-25-9-3-10-26-48)57-35-15-16-36-58(57)62(49-27-11-4-12-28-49)56-34-14-13-32-54(56)55-33-19-37-59(61)60(55)62/h1-33,35-43,56H,34H2. The molecule has 9 aromatic rings. The SMILES string of the molecule is C1=CCC2C(=C1)c1cccc3c1C2(c1ccccc1)c1ccccc1C3(c1ccccc1)c1cccc(N(c2ccc(-c3ccccc3)cc2)c2cccc(-c3ccccc3)c2)c1. The molecule has 0 saturated carbocycles. The zero-order chi connectivity index (χ0) is 41.8. The maximum atomic E-state index is 2.47. The van der Waals surface area contributed by atoms with Gasteiger partial charge in [-0.25, -0.2) is 0 Å². The molecule has 0 amide bonds. The predicted octanol–water partition coefficient (Wildman–Crippen LogP) is 15.5.